The van der Waals surface area contributed by atoms with Crippen molar-refractivity contribution in [2.24, 2.45) is 0 Å². The van der Waals surface area contributed by atoms with Crippen LogP contribution in [0.3, 0.4) is 0 Å². The first-order chi connectivity index (χ1) is 10.7. The second-order valence-electron chi connectivity index (χ2n) is 4.19. The van der Waals surface area contributed by atoms with Crippen molar-refractivity contribution in [2.75, 3.05) is 7.11 Å². The molecule has 1 aromatic carbocycles. The summed E-state index contributed by atoms with van der Waals surface area (Å²) in [5.41, 5.74) is 0. The number of benzene rings is 1. The van der Waals surface area contributed by atoms with Crippen LogP contribution >= 0.6 is 34.5 Å². The Morgan fingerprint density at radius 1 is 0.955 bits per heavy atom. The number of nitrogens with zero attached hydrogens (tertiary/aromatic N) is 2. The van der Waals surface area contributed by atoms with E-state index in [1.165, 1.54) is 11.3 Å². The van der Waals surface area contributed by atoms with Crippen molar-refractivity contribution in [1.29, 1.82) is 0 Å². The number of methoxy groups -OCH3 is 1. The van der Waals surface area contributed by atoms with Gasteiger partial charge in [-0.2, -0.15) is 0 Å². The molecule has 2 heterocycles. The molecule has 0 spiro atoms. The largest absolute Gasteiger partial charge is 0.493 e. The number of hydrogen-bond acceptors (Lipinski definition) is 5. The number of halogens is 2. The predicted molar refractivity (Wildman–Crippen MR) is 88.4 cm³/mol. The Labute approximate surface area is 141 Å². The van der Waals surface area contributed by atoms with Gasteiger partial charge in [-0.05, 0) is 23.6 Å². The molecular formula is C15H10Cl2N2O2S. The van der Waals surface area contributed by atoms with Gasteiger partial charge in [-0.25, -0.2) is 9.97 Å². The van der Waals surface area contributed by atoms with Crippen molar-refractivity contribution in [3.05, 3.63) is 52.1 Å². The first kappa shape index (κ1) is 15.1. The molecule has 0 saturated heterocycles. The van der Waals surface area contributed by atoms with Crippen LogP contribution in [0.15, 0.2) is 41.8 Å². The van der Waals surface area contributed by atoms with Gasteiger partial charge in [-0.1, -0.05) is 41.4 Å². The molecule has 7 heteroatoms. The Morgan fingerprint density at radius 2 is 1.64 bits per heavy atom. The lowest BCUT2D eigenvalue weighted by Gasteiger charge is -2.12. The molecule has 0 aliphatic heterocycles. The van der Waals surface area contributed by atoms with E-state index >= 15 is 0 Å². The predicted octanol–water partition coefficient (Wildman–Crippen LogP) is 5.31. The topological polar surface area (TPSA) is 44.2 Å². The molecule has 22 heavy (non-hydrogen) atoms. The lowest BCUT2D eigenvalue weighted by Crippen LogP contribution is -1.96. The smallest absolute Gasteiger partial charge is 0.202 e. The van der Waals surface area contributed by atoms with E-state index in [0.29, 0.717) is 17.3 Å². The van der Waals surface area contributed by atoms with E-state index in [0.717, 1.165) is 4.88 Å². The summed E-state index contributed by atoms with van der Waals surface area (Å²) in [4.78, 5) is 9.37. The van der Waals surface area contributed by atoms with Crippen LogP contribution in [0.5, 0.6) is 17.2 Å². The van der Waals surface area contributed by atoms with Gasteiger partial charge in [0.15, 0.2) is 27.6 Å². The Bertz CT molecular complexity index is 771. The third kappa shape index (κ3) is 3.02. The minimum atomic E-state index is 0.148. The summed E-state index contributed by atoms with van der Waals surface area (Å²) < 4.78 is 11.0. The van der Waals surface area contributed by atoms with Crippen LogP contribution in [0, 0.1) is 0 Å². The summed E-state index contributed by atoms with van der Waals surface area (Å²) >= 11 is 13.9. The van der Waals surface area contributed by atoms with E-state index in [2.05, 4.69) is 9.97 Å². The maximum Gasteiger partial charge on any atom is 0.202 e. The van der Waals surface area contributed by atoms with Gasteiger partial charge in [0, 0.05) is 0 Å². The van der Waals surface area contributed by atoms with Crippen molar-refractivity contribution in [1.82, 2.24) is 9.97 Å². The van der Waals surface area contributed by atoms with Crippen LogP contribution in [0.2, 0.25) is 10.3 Å². The molecule has 0 atom stereocenters. The van der Waals surface area contributed by atoms with Crippen molar-refractivity contribution < 1.29 is 9.47 Å². The number of ether oxygens (including phenoxy) is 2. The molecule has 0 unspecified atom stereocenters. The Balaban J connectivity index is 1.98. The van der Waals surface area contributed by atoms with Crippen LogP contribution in [0.1, 0.15) is 0 Å². The second kappa shape index (κ2) is 6.52. The number of aromatic nitrogens is 2. The fourth-order valence-corrected chi connectivity index (χ4v) is 2.93. The van der Waals surface area contributed by atoms with Crippen molar-refractivity contribution in [3.8, 4) is 28.0 Å². The zero-order chi connectivity index (χ0) is 15.5. The van der Waals surface area contributed by atoms with Gasteiger partial charge >= 0.3 is 0 Å². The fraction of sp³-hybridized carbons (Fsp3) is 0.0667. The van der Waals surface area contributed by atoms with E-state index < -0.39 is 0 Å². The summed E-state index contributed by atoms with van der Waals surface area (Å²) in [7, 11) is 1.56. The minimum Gasteiger partial charge on any atom is -0.493 e. The molecule has 0 bridgehead atoms. The third-order valence-electron chi connectivity index (χ3n) is 2.81. The zero-order valence-corrected chi connectivity index (χ0v) is 13.7. The van der Waals surface area contributed by atoms with E-state index in [1.807, 2.05) is 29.6 Å². The highest BCUT2D eigenvalue weighted by Crippen LogP contribution is 2.39. The number of hydrogen-bond donors (Lipinski definition) is 0. The SMILES string of the molecule is COc1ccccc1Oc1c(Cl)nc(-c2cccs2)nc1Cl. The molecule has 3 aromatic rings. The first-order valence-electron chi connectivity index (χ1n) is 6.27. The Kier molecular flexibility index (Phi) is 4.47. The van der Waals surface area contributed by atoms with E-state index in [4.69, 9.17) is 32.7 Å². The summed E-state index contributed by atoms with van der Waals surface area (Å²) in [6, 6.07) is 11.0. The van der Waals surface area contributed by atoms with Gasteiger partial charge in [0.05, 0.1) is 12.0 Å². The van der Waals surface area contributed by atoms with Crippen LogP contribution in [-0.2, 0) is 0 Å². The highest BCUT2D eigenvalue weighted by atomic mass is 35.5. The molecule has 4 nitrogen and oxygen atoms in total. The van der Waals surface area contributed by atoms with Crippen molar-refractivity contribution >= 4 is 34.5 Å². The first-order valence-corrected chi connectivity index (χ1v) is 7.90. The van der Waals surface area contributed by atoms with Crippen molar-refractivity contribution in [3.63, 3.8) is 0 Å². The summed E-state index contributed by atoms with van der Waals surface area (Å²) in [5.74, 6) is 1.73. The van der Waals surface area contributed by atoms with Gasteiger partial charge in [0.2, 0.25) is 5.75 Å². The molecule has 0 aliphatic rings. The minimum absolute atomic E-state index is 0.148. The highest BCUT2D eigenvalue weighted by Gasteiger charge is 2.17. The molecule has 0 aliphatic carbocycles. The zero-order valence-electron chi connectivity index (χ0n) is 11.4. The van der Waals surface area contributed by atoms with E-state index in [1.54, 1.807) is 19.2 Å². The van der Waals surface area contributed by atoms with E-state index in [-0.39, 0.29) is 16.1 Å². The number of thiophene rings is 1. The average Bonchev–Trinajstić information content (AvgIpc) is 3.05. The van der Waals surface area contributed by atoms with Gasteiger partial charge < -0.3 is 9.47 Å². The molecule has 3 rings (SSSR count). The Morgan fingerprint density at radius 3 is 2.23 bits per heavy atom. The molecule has 2 aromatic heterocycles. The van der Waals surface area contributed by atoms with Gasteiger partial charge in [-0.15, -0.1) is 11.3 Å². The normalized spacial score (nSPS) is 10.5. The maximum atomic E-state index is 6.20. The van der Waals surface area contributed by atoms with Crippen LogP contribution in [0.25, 0.3) is 10.7 Å². The van der Waals surface area contributed by atoms with E-state index in [9.17, 15) is 0 Å². The second-order valence-corrected chi connectivity index (χ2v) is 5.85. The van der Waals surface area contributed by atoms with Gasteiger partial charge in [-0.3, -0.25) is 0 Å². The monoisotopic (exact) mass is 352 g/mol. The van der Waals surface area contributed by atoms with Crippen LogP contribution in [0.4, 0.5) is 0 Å². The molecular weight excluding hydrogens is 343 g/mol. The lowest BCUT2D eigenvalue weighted by atomic mass is 10.3. The third-order valence-corrected chi connectivity index (χ3v) is 4.18. The van der Waals surface area contributed by atoms with Gasteiger partial charge in [0.1, 0.15) is 0 Å². The molecule has 0 radical (unpaired) electrons. The fourth-order valence-electron chi connectivity index (χ4n) is 1.81. The molecule has 112 valence electrons. The number of para-hydroxylation sites is 2. The molecule has 0 N–H and O–H groups in total. The molecule has 0 fully saturated rings. The summed E-state index contributed by atoms with van der Waals surface area (Å²) in [5, 5.41) is 2.23. The summed E-state index contributed by atoms with van der Waals surface area (Å²) in [6.07, 6.45) is 0. The average molecular weight is 353 g/mol. The van der Waals surface area contributed by atoms with Crippen LogP contribution in [-0.4, -0.2) is 17.1 Å². The Hall–Kier alpha value is -1.82. The van der Waals surface area contributed by atoms with Gasteiger partial charge in [0.25, 0.3) is 0 Å². The maximum absolute atomic E-state index is 6.20. The summed E-state index contributed by atoms with van der Waals surface area (Å²) in [6.45, 7) is 0. The molecule has 0 amide bonds. The van der Waals surface area contributed by atoms with Crippen LogP contribution < -0.4 is 9.47 Å². The number of rotatable bonds is 4. The lowest BCUT2D eigenvalue weighted by molar-refractivity contribution is 0.378. The quantitative estimate of drug-likeness (QED) is 0.596. The highest BCUT2D eigenvalue weighted by molar-refractivity contribution is 7.13. The van der Waals surface area contributed by atoms with Crippen molar-refractivity contribution in [2.45, 2.75) is 0 Å². The molecule has 0 saturated carbocycles. The standard InChI is InChI=1S/C15H10Cl2N2O2S/c1-20-9-5-2-3-6-10(9)21-12-13(16)18-15(19-14(12)17)11-7-4-8-22-11/h2-8H,1H3.